The number of likely N-dealkylation sites (tertiary alicyclic amines) is 1. The van der Waals surface area contributed by atoms with E-state index in [0.29, 0.717) is 12.0 Å². The van der Waals surface area contributed by atoms with Gasteiger partial charge in [0, 0.05) is 23.7 Å². The van der Waals surface area contributed by atoms with Gasteiger partial charge in [-0.2, -0.15) is 4.98 Å². The molecule has 166 valence electrons. The van der Waals surface area contributed by atoms with Crippen molar-refractivity contribution in [1.29, 1.82) is 0 Å². The highest BCUT2D eigenvalue weighted by Crippen LogP contribution is 2.28. The summed E-state index contributed by atoms with van der Waals surface area (Å²) in [6.07, 6.45) is 4.24. The lowest BCUT2D eigenvalue weighted by Crippen LogP contribution is -2.55. The summed E-state index contributed by atoms with van der Waals surface area (Å²) in [5.41, 5.74) is 2.62. The third-order valence-corrected chi connectivity index (χ3v) is 4.78. The molecule has 4 aromatic rings. The van der Waals surface area contributed by atoms with Crippen LogP contribution in [0.5, 0.6) is 0 Å². The van der Waals surface area contributed by atoms with E-state index in [1.54, 1.807) is 0 Å². The predicted molar refractivity (Wildman–Crippen MR) is 110 cm³/mol. The Morgan fingerprint density at radius 2 is 2.06 bits per heavy atom. The fourth-order valence-electron chi connectivity index (χ4n) is 3.25. The zero-order valence-electron chi connectivity index (χ0n) is 17.0. The van der Waals surface area contributed by atoms with E-state index < -0.39 is 11.7 Å². The zero-order chi connectivity index (χ0) is 22.7. The Hall–Kier alpha value is -3.73. The van der Waals surface area contributed by atoms with E-state index in [2.05, 4.69) is 24.8 Å². The van der Waals surface area contributed by atoms with Crippen molar-refractivity contribution in [2.45, 2.75) is 19.4 Å². The van der Waals surface area contributed by atoms with Crippen LogP contribution in [0.25, 0.3) is 17.0 Å². The first-order valence-electron chi connectivity index (χ1n) is 9.66. The largest absolute Gasteiger partial charge is 0.338 e. The zero-order valence-corrected chi connectivity index (χ0v) is 17.0. The van der Waals surface area contributed by atoms with Crippen molar-refractivity contribution in [3.05, 3.63) is 66.2 Å². The number of amides is 1. The van der Waals surface area contributed by atoms with Crippen LogP contribution in [-0.4, -0.2) is 49.8 Å². The molecule has 1 aliphatic rings. The van der Waals surface area contributed by atoms with Crippen LogP contribution in [0.4, 0.5) is 18.9 Å². The molecule has 1 amide bonds. The number of aromatic nitrogens is 4. The first-order valence-corrected chi connectivity index (χ1v) is 9.66. The number of aryl methyl sites for hydroxylation is 1. The van der Waals surface area contributed by atoms with Crippen molar-refractivity contribution in [3.63, 3.8) is 0 Å². The molecular formula is C21H19F3N6O2. The van der Waals surface area contributed by atoms with Gasteiger partial charge in [-0.1, -0.05) is 11.2 Å². The monoisotopic (exact) mass is 444 g/mol. The number of alkyl halides is 2. The van der Waals surface area contributed by atoms with Gasteiger partial charge in [0.05, 0.1) is 25.3 Å². The number of hydrogen-bond acceptors (Lipinski definition) is 6. The molecule has 1 aliphatic heterocycles. The maximum Gasteiger partial charge on any atom is 0.272 e. The highest BCUT2D eigenvalue weighted by atomic mass is 19.3. The van der Waals surface area contributed by atoms with Crippen LogP contribution in [0, 0.1) is 12.7 Å². The summed E-state index contributed by atoms with van der Waals surface area (Å²) in [6, 6.07) is 9.93. The number of nitrogens with zero attached hydrogens (tertiary/aromatic N) is 5. The average molecular weight is 444 g/mol. The Labute approximate surface area is 180 Å². The number of imidazole rings is 1. The number of halogens is 3. The summed E-state index contributed by atoms with van der Waals surface area (Å²) >= 11 is 0. The maximum absolute atomic E-state index is 13.4. The Kier molecular flexibility index (Phi) is 5.91. The smallest absolute Gasteiger partial charge is 0.272 e. The third kappa shape index (κ3) is 4.78. The van der Waals surface area contributed by atoms with Gasteiger partial charge in [-0.25, -0.2) is 18.2 Å². The quantitative estimate of drug-likeness (QED) is 0.474. The van der Waals surface area contributed by atoms with Crippen molar-refractivity contribution in [3.8, 4) is 11.4 Å². The van der Waals surface area contributed by atoms with Crippen LogP contribution in [-0.2, 0) is 11.3 Å². The summed E-state index contributed by atoms with van der Waals surface area (Å²) in [7, 11) is 0. The molecule has 0 spiro atoms. The second-order valence-electron chi connectivity index (χ2n) is 7.30. The van der Waals surface area contributed by atoms with E-state index in [9.17, 15) is 18.0 Å². The number of pyridine rings is 1. The van der Waals surface area contributed by atoms with Crippen molar-refractivity contribution in [1.82, 2.24) is 24.4 Å². The van der Waals surface area contributed by atoms with Crippen LogP contribution in [0.15, 0.2) is 53.3 Å². The molecule has 0 unspecified atom stereocenters. The number of anilines is 1. The Bertz CT molecular complexity index is 1230. The summed E-state index contributed by atoms with van der Waals surface area (Å²) in [5.74, 6) is -2.87. The van der Waals surface area contributed by atoms with Gasteiger partial charge in [0.2, 0.25) is 18.1 Å². The fourth-order valence-corrected chi connectivity index (χ4v) is 3.25. The molecular weight excluding hydrogens is 425 g/mol. The topological polar surface area (TPSA) is 88.6 Å². The van der Waals surface area contributed by atoms with E-state index in [0.717, 1.165) is 11.7 Å². The maximum atomic E-state index is 13.4. The first kappa shape index (κ1) is 21.5. The summed E-state index contributed by atoms with van der Waals surface area (Å²) in [4.78, 5) is 20.1. The van der Waals surface area contributed by atoms with Crippen LogP contribution in [0.1, 0.15) is 11.6 Å². The Morgan fingerprint density at radius 1 is 1.25 bits per heavy atom. The molecule has 32 heavy (non-hydrogen) atoms. The molecule has 3 aromatic heterocycles. The van der Waals surface area contributed by atoms with Gasteiger partial charge in [0.15, 0.2) is 0 Å². The van der Waals surface area contributed by atoms with Gasteiger partial charge in [0.25, 0.3) is 5.92 Å². The molecule has 8 nitrogen and oxygen atoms in total. The normalized spacial score (nSPS) is 15.0. The highest BCUT2D eigenvalue weighted by molar-refractivity contribution is 5.74. The van der Waals surface area contributed by atoms with Crippen molar-refractivity contribution in [2.24, 2.45) is 0 Å². The lowest BCUT2D eigenvalue weighted by atomic mass is 10.1. The second kappa shape index (κ2) is 8.79. The molecule has 0 aliphatic carbocycles. The standard InChI is InChI=1S/C13H11F3N4O2.C8H8N2/c14-9-2-1-8(3-10(9)17-7-21)12-18-11(22-19-12)4-20-5-13(15,16)6-20;1-7-6-9-8-4-2-3-5-10(7)8/h1-3,7H,4-6H2,(H,17,21);2-6H,1H3. The Morgan fingerprint density at radius 3 is 2.78 bits per heavy atom. The minimum atomic E-state index is -2.66. The van der Waals surface area contributed by atoms with Crippen molar-refractivity contribution in [2.75, 3.05) is 18.4 Å². The van der Waals surface area contributed by atoms with E-state index in [-0.39, 0.29) is 37.0 Å². The van der Waals surface area contributed by atoms with Gasteiger partial charge in [-0.05, 0) is 37.3 Å². The number of benzene rings is 1. The fraction of sp³-hybridized carbons (Fsp3) is 0.238. The number of carbonyl (C=O) groups excluding carboxylic acids is 1. The third-order valence-electron chi connectivity index (χ3n) is 4.78. The molecule has 1 saturated heterocycles. The number of carbonyl (C=O) groups is 1. The summed E-state index contributed by atoms with van der Waals surface area (Å²) in [6.45, 7) is 1.49. The van der Waals surface area contributed by atoms with Crippen molar-refractivity contribution >= 4 is 17.7 Å². The minimum absolute atomic E-state index is 0.0127. The molecule has 1 aromatic carbocycles. The van der Waals surface area contributed by atoms with Crippen LogP contribution in [0.2, 0.25) is 0 Å². The molecule has 1 N–H and O–H groups in total. The van der Waals surface area contributed by atoms with Gasteiger partial charge in [-0.3, -0.25) is 9.69 Å². The number of rotatable bonds is 5. The SMILES string of the molecule is Cc1cnc2ccccn12.O=CNc1cc(-c2noc(CN3CC(F)(F)C3)n2)ccc1F. The average Bonchev–Trinajstić information content (AvgIpc) is 3.36. The van der Waals surface area contributed by atoms with Crippen molar-refractivity contribution < 1.29 is 22.5 Å². The molecule has 0 bridgehead atoms. The van der Waals surface area contributed by atoms with E-state index in [1.165, 1.54) is 22.7 Å². The first-order chi connectivity index (χ1) is 15.3. The molecule has 5 rings (SSSR count). The molecule has 1 fully saturated rings. The number of hydrogen-bond donors (Lipinski definition) is 1. The van der Waals surface area contributed by atoms with E-state index >= 15 is 0 Å². The molecule has 4 heterocycles. The summed E-state index contributed by atoms with van der Waals surface area (Å²) in [5, 5.41) is 5.95. The molecule has 0 radical (unpaired) electrons. The second-order valence-corrected chi connectivity index (χ2v) is 7.30. The predicted octanol–water partition coefficient (Wildman–Crippen LogP) is 3.54. The van der Waals surface area contributed by atoms with Crippen LogP contribution >= 0.6 is 0 Å². The van der Waals surface area contributed by atoms with Crippen LogP contribution in [0.3, 0.4) is 0 Å². The molecule has 0 saturated carbocycles. The van der Waals surface area contributed by atoms with Gasteiger partial charge in [-0.15, -0.1) is 0 Å². The lowest BCUT2D eigenvalue weighted by molar-refractivity contribution is -0.136. The van der Waals surface area contributed by atoms with Gasteiger partial charge in [0.1, 0.15) is 11.5 Å². The summed E-state index contributed by atoms with van der Waals surface area (Å²) < 4.78 is 45.9. The van der Waals surface area contributed by atoms with E-state index in [1.807, 2.05) is 37.5 Å². The van der Waals surface area contributed by atoms with Crippen LogP contribution < -0.4 is 5.32 Å². The molecule has 0 atom stereocenters. The number of nitrogens with one attached hydrogen (secondary N) is 1. The Balaban J connectivity index is 0.000000203. The number of fused-ring (bicyclic) bond motifs is 1. The highest BCUT2D eigenvalue weighted by Gasteiger charge is 2.44. The minimum Gasteiger partial charge on any atom is -0.338 e. The lowest BCUT2D eigenvalue weighted by Gasteiger charge is -2.37. The van der Waals surface area contributed by atoms with Gasteiger partial charge < -0.3 is 14.2 Å². The van der Waals surface area contributed by atoms with Gasteiger partial charge >= 0.3 is 0 Å². The van der Waals surface area contributed by atoms with E-state index in [4.69, 9.17) is 4.52 Å². The molecule has 11 heteroatoms.